The molecule has 0 atom stereocenters. The van der Waals surface area contributed by atoms with E-state index in [0.717, 1.165) is 0 Å². The van der Waals surface area contributed by atoms with E-state index < -0.39 is 0 Å². The molecule has 0 aromatic carbocycles. The molecule has 96 valence electrons. The Labute approximate surface area is 116 Å². The Kier molecular flexibility index (Phi) is 5.39. The van der Waals surface area contributed by atoms with Crippen molar-refractivity contribution >= 4 is 29.1 Å². The topological polar surface area (TPSA) is 57.0 Å². The highest BCUT2D eigenvalue weighted by Gasteiger charge is 2.19. The van der Waals surface area contributed by atoms with Gasteiger partial charge in [-0.2, -0.15) is 5.26 Å². The van der Waals surface area contributed by atoms with E-state index in [0.29, 0.717) is 12.1 Å². The zero-order valence-electron chi connectivity index (χ0n) is 10.2. The van der Waals surface area contributed by atoms with Crippen LogP contribution in [0.25, 0.3) is 0 Å². The van der Waals surface area contributed by atoms with Crippen LogP contribution in [0.1, 0.15) is 30.6 Å². The maximum atomic E-state index is 12.3. The van der Waals surface area contributed by atoms with E-state index in [1.54, 1.807) is 4.90 Å². The lowest BCUT2D eigenvalue weighted by atomic mass is 10.2. The van der Waals surface area contributed by atoms with Gasteiger partial charge in [-0.05, 0) is 26.0 Å². The van der Waals surface area contributed by atoms with Gasteiger partial charge in [0.15, 0.2) is 0 Å². The van der Waals surface area contributed by atoms with Gasteiger partial charge in [-0.1, -0.05) is 23.2 Å². The Bertz CT molecular complexity index is 462. The lowest BCUT2D eigenvalue weighted by Crippen LogP contribution is -2.37. The third-order valence-electron chi connectivity index (χ3n) is 2.36. The summed E-state index contributed by atoms with van der Waals surface area (Å²) in [5.41, 5.74) is 0.381. The van der Waals surface area contributed by atoms with Gasteiger partial charge in [0.2, 0.25) is 0 Å². The summed E-state index contributed by atoms with van der Waals surface area (Å²) in [4.78, 5) is 17.7. The summed E-state index contributed by atoms with van der Waals surface area (Å²) < 4.78 is 0. The smallest absolute Gasteiger partial charge is 0.254 e. The first-order chi connectivity index (χ1) is 8.45. The fourth-order valence-electron chi connectivity index (χ4n) is 1.52. The Morgan fingerprint density at radius 2 is 2.00 bits per heavy atom. The normalized spacial score (nSPS) is 10.2. The SMILES string of the molecule is CC(C)N(CCC#N)C(=O)c1cc(Cl)nc(Cl)c1. The van der Waals surface area contributed by atoms with Crippen molar-refractivity contribution < 1.29 is 4.79 Å². The highest BCUT2D eigenvalue weighted by Crippen LogP contribution is 2.17. The van der Waals surface area contributed by atoms with Gasteiger partial charge in [-0.3, -0.25) is 4.79 Å². The van der Waals surface area contributed by atoms with Gasteiger partial charge < -0.3 is 4.90 Å². The van der Waals surface area contributed by atoms with Gasteiger partial charge in [0, 0.05) is 18.2 Å². The molecule has 0 saturated carbocycles. The van der Waals surface area contributed by atoms with Crippen LogP contribution in [0.15, 0.2) is 12.1 Å². The Morgan fingerprint density at radius 1 is 1.44 bits per heavy atom. The van der Waals surface area contributed by atoms with Gasteiger partial charge in [0.1, 0.15) is 10.3 Å². The van der Waals surface area contributed by atoms with Crippen molar-refractivity contribution in [1.82, 2.24) is 9.88 Å². The molecule has 0 unspecified atom stereocenters. The number of carbonyl (C=O) groups is 1. The molecule has 1 aromatic rings. The van der Waals surface area contributed by atoms with Crippen LogP contribution < -0.4 is 0 Å². The maximum absolute atomic E-state index is 12.3. The minimum Gasteiger partial charge on any atom is -0.335 e. The first-order valence-corrected chi connectivity index (χ1v) is 6.22. The number of carbonyl (C=O) groups excluding carboxylic acids is 1. The molecule has 1 amide bonds. The second-order valence-electron chi connectivity index (χ2n) is 4.00. The molecule has 1 rings (SSSR count). The Morgan fingerprint density at radius 3 is 2.44 bits per heavy atom. The Balaban J connectivity index is 2.98. The maximum Gasteiger partial charge on any atom is 0.254 e. The minimum absolute atomic E-state index is 0.00318. The molecule has 4 nitrogen and oxygen atoms in total. The monoisotopic (exact) mass is 285 g/mol. The summed E-state index contributed by atoms with van der Waals surface area (Å²) >= 11 is 11.5. The summed E-state index contributed by atoms with van der Waals surface area (Å²) in [6, 6.07) is 4.96. The highest BCUT2D eigenvalue weighted by molar-refractivity contribution is 6.33. The number of rotatable bonds is 4. The zero-order valence-corrected chi connectivity index (χ0v) is 11.7. The second kappa shape index (κ2) is 6.58. The molecule has 0 aliphatic carbocycles. The van der Waals surface area contributed by atoms with Crippen LogP contribution in [0.4, 0.5) is 0 Å². The van der Waals surface area contributed by atoms with Gasteiger partial charge in [0.25, 0.3) is 5.91 Å². The van der Waals surface area contributed by atoms with E-state index in [2.05, 4.69) is 4.98 Å². The molecule has 0 bridgehead atoms. The molecule has 0 fully saturated rings. The summed E-state index contributed by atoms with van der Waals surface area (Å²) in [5, 5.41) is 8.95. The quantitative estimate of drug-likeness (QED) is 0.799. The number of nitrogens with zero attached hydrogens (tertiary/aromatic N) is 3. The molecule has 18 heavy (non-hydrogen) atoms. The van der Waals surface area contributed by atoms with Gasteiger partial charge in [0.05, 0.1) is 12.5 Å². The first-order valence-electron chi connectivity index (χ1n) is 5.46. The van der Waals surface area contributed by atoms with Crippen molar-refractivity contribution in [2.45, 2.75) is 26.3 Å². The number of nitriles is 1. The molecule has 0 aliphatic heterocycles. The van der Waals surface area contributed by atoms with Gasteiger partial charge in [-0.25, -0.2) is 4.98 Å². The van der Waals surface area contributed by atoms with Crippen molar-refractivity contribution in [3.63, 3.8) is 0 Å². The average Bonchev–Trinajstić information content (AvgIpc) is 2.27. The predicted molar refractivity (Wildman–Crippen MR) is 70.7 cm³/mol. The lowest BCUT2D eigenvalue weighted by Gasteiger charge is -2.25. The third-order valence-corrected chi connectivity index (χ3v) is 2.75. The van der Waals surface area contributed by atoms with Crippen molar-refractivity contribution in [3.8, 4) is 6.07 Å². The molecule has 1 heterocycles. The fraction of sp³-hybridized carbons (Fsp3) is 0.417. The van der Waals surface area contributed by atoms with E-state index in [9.17, 15) is 4.79 Å². The molecule has 0 radical (unpaired) electrons. The van der Waals surface area contributed by atoms with Crippen LogP contribution in [0.2, 0.25) is 10.3 Å². The van der Waals surface area contributed by atoms with Gasteiger partial charge >= 0.3 is 0 Å². The van der Waals surface area contributed by atoms with Crippen LogP contribution in [0.3, 0.4) is 0 Å². The number of aromatic nitrogens is 1. The molecule has 0 saturated heterocycles. The Hall–Kier alpha value is -1.31. The number of amides is 1. The number of hydrogen-bond donors (Lipinski definition) is 0. The molecule has 6 heteroatoms. The fourth-order valence-corrected chi connectivity index (χ4v) is 1.98. The number of halogens is 2. The lowest BCUT2D eigenvalue weighted by molar-refractivity contribution is 0.0710. The van der Waals surface area contributed by atoms with Crippen molar-refractivity contribution in [2.75, 3.05) is 6.54 Å². The van der Waals surface area contributed by atoms with E-state index in [4.69, 9.17) is 28.5 Å². The number of pyridine rings is 1. The van der Waals surface area contributed by atoms with Crippen molar-refractivity contribution in [3.05, 3.63) is 28.0 Å². The predicted octanol–water partition coefficient (Wildman–Crippen LogP) is 3.15. The van der Waals surface area contributed by atoms with Gasteiger partial charge in [-0.15, -0.1) is 0 Å². The minimum atomic E-state index is -0.202. The van der Waals surface area contributed by atoms with Crippen molar-refractivity contribution in [1.29, 1.82) is 5.26 Å². The summed E-state index contributed by atoms with van der Waals surface area (Å²) in [6.45, 7) is 4.16. The van der Waals surface area contributed by atoms with E-state index in [-0.39, 0.29) is 28.7 Å². The zero-order chi connectivity index (χ0) is 13.7. The van der Waals surface area contributed by atoms with Crippen LogP contribution in [-0.4, -0.2) is 28.4 Å². The molecule has 0 N–H and O–H groups in total. The molecule has 1 aromatic heterocycles. The molecule has 0 aliphatic rings. The third kappa shape index (κ3) is 3.86. The van der Waals surface area contributed by atoms with E-state index in [1.165, 1.54) is 12.1 Å². The summed E-state index contributed by atoms with van der Waals surface area (Å²) in [6.07, 6.45) is 0.288. The molecule has 0 spiro atoms. The summed E-state index contributed by atoms with van der Waals surface area (Å²) in [5.74, 6) is -0.202. The molecular formula is C12H13Cl2N3O. The largest absolute Gasteiger partial charge is 0.335 e. The molecular weight excluding hydrogens is 273 g/mol. The number of hydrogen-bond acceptors (Lipinski definition) is 3. The van der Waals surface area contributed by atoms with Crippen LogP contribution in [-0.2, 0) is 0 Å². The van der Waals surface area contributed by atoms with E-state index in [1.807, 2.05) is 19.9 Å². The average molecular weight is 286 g/mol. The second-order valence-corrected chi connectivity index (χ2v) is 4.78. The summed E-state index contributed by atoms with van der Waals surface area (Å²) in [7, 11) is 0. The van der Waals surface area contributed by atoms with E-state index >= 15 is 0 Å². The van der Waals surface area contributed by atoms with Crippen LogP contribution in [0.5, 0.6) is 0 Å². The van der Waals surface area contributed by atoms with Crippen LogP contribution >= 0.6 is 23.2 Å². The standard InChI is InChI=1S/C12H13Cl2N3O/c1-8(2)17(5-3-4-15)12(18)9-6-10(13)16-11(14)7-9/h6-8H,3,5H2,1-2H3. The first kappa shape index (κ1) is 14.7. The van der Waals surface area contributed by atoms with Crippen molar-refractivity contribution in [2.24, 2.45) is 0 Å². The highest BCUT2D eigenvalue weighted by atomic mass is 35.5. The van der Waals surface area contributed by atoms with Crippen LogP contribution in [0, 0.1) is 11.3 Å².